The van der Waals surface area contributed by atoms with Gasteiger partial charge in [0.25, 0.3) is 0 Å². The van der Waals surface area contributed by atoms with Crippen LogP contribution in [0.4, 0.5) is 0 Å². The number of piperidine rings is 1. The molecule has 0 spiro atoms. The smallest absolute Gasteiger partial charge is 0.191 e. The van der Waals surface area contributed by atoms with Crippen molar-refractivity contribution >= 4 is 17.3 Å². The van der Waals surface area contributed by atoms with E-state index in [0.29, 0.717) is 5.96 Å². The summed E-state index contributed by atoms with van der Waals surface area (Å²) in [4.78, 5) is 12.4. The van der Waals surface area contributed by atoms with Crippen molar-refractivity contribution < 1.29 is 0 Å². The highest BCUT2D eigenvalue weighted by Crippen LogP contribution is 2.14. The quantitative estimate of drug-likeness (QED) is 0.670. The van der Waals surface area contributed by atoms with E-state index in [1.54, 1.807) is 11.3 Å². The molecule has 1 aromatic heterocycles. The second kappa shape index (κ2) is 6.73. The van der Waals surface area contributed by atoms with Gasteiger partial charge in [-0.05, 0) is 25.7 Å². The van der Waals surface area contributed by atoms with E-state index in [0.717, 1.165) is 32.5 Å². The van der Waals surface area contributed by atoms with Gasteiger partial charge in [-0.3, -0.25) is 4.99 Å². The lowest BCUT2D eigenvalue weighted by Gasteiger charge is -2.27. The maximum absolute atomic E-state index is 6.00. The van der Waals surface area contributed by atoms with E-state index in [1.165, 1.54) is 29.1 Å². The van der Waals surface area contributed by atoms with Crippen molar-refractivity contribution in [2.75, 3.05) is 19.6 Å². The molecule has 1 aliphatic rings. The van der Waals surface area contributed by atoms with E-state index >= 15 is 0 Å². The minimum atomic E-state index is 0.710. The largest absolute Gasteiger partial charge is 0.370 e. The number of aromatic nitrogens is 1. The lowest BCUT2D eigenvalue weighted by atomic mass is 10.1. The van der Waals surface area contributed by atoms with E-state index in [-0.39, 0.29) is 0 Å². The van der Waals surface area contributed by atoms with Crippen LogP contribution in [-0.2, 0) is 12.8 Å². The highest BCUT2D eigenvalue weighted by Gasteiger charge is 2.11. The zero-order valence-electron chi connectivity index (χ0n) is 11.1. The number of likely N-dealkylation sites (tertiary alicyclic amines) is 1. The van der Waals surface area contributed by atoms with Crippen molar-refractivity contribution in [1.82, 2.24) is 9.88 Å². The molecular weight excluding hydrogens is 244 g/mol. The summed E-state index contributed by atoms with van der Waals surface area (Å²) in [5.41, 5.74) is 6.00. The molecule has 1 aromatic rings. The van der Waals surface area contributed by atoms with Crippen LogP contribution < -0.4 is 5.73 Å². The number of aliphatic imine (C=N–C) groups is 1. The molecule has 1 saturated heterocycles. The Kier molecular flexibility index (Phi) is 4.99. The van der Waals surface area contributed by atoms with Crippen molar-refractivity contribution in [3.8, 4) is 0 Å². The van der Waals surface area contributed by atoms with E-state index in [1.807, 2.05) is 6.20 Å². The molecule has 0 atom stereocenters. The summed E-state index contributed by atoms with van der Waals surface area (Å²) < 4.78 is 0. The fourth-order valence-corrected chi connectivity index (χ4v) is 2.97. The van der Waals surface area contributed by atoms with Crippen molar-refractivity contribution in [3.05, 3.63) is 16.1 Å². The fraction of sp³-hybridized carbons (Fsp3) is 0.692. The molecule has 0 saturated carbocycles. The molecule has 0 amide bonds. The predicted octanol–water partition coefficient (Wildman–Crippen LogP) is 2.05. The lowest BCUT2D eigenvalue weighted by Crippen LogP contribution is -2.41. The van der Waals surface area contributed by atoms with Gasteiger partial charge >= 0.3 is 0 Å². The summed E-state index contributed by atoms with van der Waals surface area (Å²) >= 11 is 1.79. The maximum atomic E-state index is 6.00. The number of aryl methyl sites for hydroxylation is 1. The standard InChI is InChI=1S/C13H22N4S/c1-2-11-10-16-12(18-11)6-7-15-13(14)17-8-4-3-5-9-17/h10H,2-9H2,1H3,(H2,14,15). The van der Waals surface area contributed by atoms with Gasteiger partial charge in [0, 0.05) is 37.1 Å². The Morgan fingerprint density at radius 3 is 2.89 bits per heavy atom. The zero-order valence-corrected chi connectivity index (χ0v) is 11.9. The average molecular weight is 266 g/mol. The van der Waals surface area contributed by atoms with Crippen molar-refractivity contribution in [2.24, 2.45) is 10.7 Å². The second-order valence-corrected chi connectivity index (χ2v) is 5.81. The number of nitrogens with two attached hydrogens (primary N) is 1. The van der Waals surface area contributed by atoms with Crippen LogP contribution in [-0.4, -0.2) is 35.5 Å². The van der Waals surface area contributed by atoms with Crippen molar-refractivity contribution in [2.45, 2.75) is 39.0 Å². The Morgan fingerprint density at radius 1 is 1.44 bits per heavy atom. The van der Waals surface area contributed by atoms with Gasteiger partial charge in [0.2, 0.25) is 0 Å². The van der Waals surface area contributed by atoms with Gasteiger partial charge in [-0.25, -0.2) is 4.98 Å². The van der Waals surface area contributed by atoms with E-state index in [9.17, 15) is 0 Å². The number of thiazole rings is 1. The van der Waals surface area contributed by atoms with Gasteiger partial charge in [0.05, 0.1) is 5.01 Å². The number of rotatable bonds is 4. The van der Waals surface area contributed by atoms with Gasteiger partial charge in [-0.2, -0.15) is 0 Å². The highest BCUT2D eigenvalue weighted by atomic mass is 32.1. The van der Waals surface area contributed by atoms with E-state index in [2.05, 4.69) is 21.8 Å². The van der Waals surface area contributed by atoms with Crippen LogP contribution in [0.5, 0.6) is 0 Å². The summed E-state index contributed by atoms with van der Waals surface area (Å²) in [5.74, 6) is 0.710. The average Bonchev–Trinajstić information content (AvgIpc) is 2.87. The monoisotopic (exact) mass is 266 g/mol. The Morgan fingerprint density at radius 2 is 2.22 bits per heavy atom. The lowest BCUT2D eigenvalue weighted by molar-refractivity contribution is 0.338. The molecule has 0 aliphatic carbocycles. The number of nitrogens with zero attached hydrogens (tertiary/aromatic N) is 3. The Balaban J connectivity index is 1.79. The molecule has 2 rings (SSSR count). The zero-order chi connectivity index (χ0) is 12.8. The third-order valence-corrected chi connectivity index (χ3v) is 4.43. The minimum absolute atomic E-state index is 0.710. The molecule has 5 heteroatoms. The SMILES string of the molecule is CCc1cnc(CCN=C(N)N2CCCCC2)s1. The predicted molar refractivity (Wildman–Crippen MR) is 77.1 cm³/mol. The molecule has 4 nitrogen and oxygen atoms in total. The van der Waals surface area contributed by atoms with Crippen LogP contribution >= 0.6 is 11.3 Å². The Labute approximate surface area is 113 Å². The van der Waals surface area contributed by atoms with Gasteiger partial charge in [0.1, 0.15) is 0 Å². The van der Waals surface area contributed by atoms with Gasteiger partial charge in [-0.1, -0.05) is 6.92 Å². The minimum Gasteiger partial charge on any atom is -0.370 e. The summed E-state index contributed by atoms with van der Waals surface area (Å²) in [6.45, 7) is 5.03. The third-order valence-electron chi connectivity index (χ3n) is 3.23. The molecule has 1 aliphatic heterocycles. The van der Waals surface area contributed by atoms with Crippen LogP contribution in [0.15, 0.2) is 11.2 Å². The van der Waals surface area contributed by atoms with Gasteiger partial charge < -0.3 is 10.6 Å². The summed E-state index contributed by atoms with van der Waals surface area (Å²) in [7, 11) is 0. The molecule has 2 heterocycles. The first-order valence-corrected chi connectivity index (χ1v) is 7.59. The molecule has 0 aromatic carbocycles. The first kappa shape index (κ1) is 13.3. The number of guanidine groups is 1. The number of hydrogen-bond acceptors (Lipinski definition) is 3. The van der Waals surface area contributed by atoms with Crippen molar-refractivity contribution in [1.29, 1.82) is 0 Å². The Hall–Kier alpha value is -1.10. The summed E-state index contributed by atoms with van der Waals surface area (Å²) in [6, 6.07) is 0. The number of hydrogen-bond donors (Lipinski definition) is 1. The van der Waals surface area contributed by atoms with Crippen LogP contribution in [0, 0.1) is 0 Å². The van der Waals surface area contributed by atoms with Crippen LogP contribution in [0.3, 0.4) is 0 Å². The molecule has 1 fully saturated rings. The molecule has 0 bridgehead atoms. The van der Waals surface area contributed by atoms with Crippen molar-refractivity contribution in [3.63, 3.8) is 0 Å². The molecule has 18 heavy (non-hydrogen) atoms. The van der Waals surface area contributed by atoms with Gasteiger partial charge in [0.15, 0.2) is 5.96 Å². The molecule has 2 N–H and O–H groups in total. The Bertz CT molecular complexity index is 393. The van der Waals surface area contributed by atoms with Crippen LogP contribution in [0.1, 0.15) is 36.1 Å². The van der Waals surface area contributed by atoms with Crippen LogP contribution in [0.2, 0.25) is 0 Å². The third kappa shape index (κ3) is 3.70. The normalized spacial score (nSPS) is 17.2. The fourth-order valence-electron chi connectivity index (χ4n) is 2.12. The maximum Gasteiger partial charge on any atom is 0.191 e. The van der Waals surface area contributed by atoms with E-state index < -0.39 is 0 Å². The first-order valence-electron chi connectivity index (χ1n) is 6.78. The van der Waals surface area contributed by atoms with E-state index in [4.69, 9.17) is 5.73 Å². The molecular formula is C13H22N4S. The highest BCUT2D eigenvalue weighted by molar-refractivity contribution is 7.11. The second-order valence-electron chi connectivity index (χ2n) is 4.61. The van der Waals surface area contributed by atoms with Gasteiger partial charge in [-0.15, -0.1) is 11.3 Å². The molecule has 100 valence electrons. The first-order chi connectivity index (χ1) is 8.79. The van der Waals surface area contributed by atoms with Crippen LogP contribution in [0.25, 0.3) is 0 Å². The molecule has 0 unspecified atom stereocenters. The topological polar surface area (TPSA) is 54.5 Å². The molecule has 0 radical (unpaired) electrons. The summed E-state index contributed by atoms with van der Waals surface area (Å²) in [6.07, 6.45) is 7.74. The summed E-state index contributed by atoms with van der Waals surface area (Å²) in [5, 5.41) is 1.17.